The predicted molar refractivity (Wildman–Crippen MR) is 177 cm³/mol. The van der Waals surface area contributed by atoms with Gasteiger partial charge < -0.3 is 15.5 Å². The number of carbonyl (C=O) groups excluding carboxylic acids is 2. The van der Waals surface area contributed by atoms with Crippen molar-refractivity contribution >= 4 is 17.5 Å². The summed E-state index contributed by atoms with van der Waals surface area (Å²) in [5.41, 5.74) is 5.70. The fourth-order valence-electron chi connectivity index (χ4n) is 5.94. The Hall–Kier alpha value is -4.23. The molecule has 1 aromatic heterocycles. The maximum absolute atomic E-state index is 13.7. The first-order valence-corrected chi connectivity index (χ1v) is 16.0. The van der Waals surface area contributed by atoms with Crippen LogP contribution >= 0.6 is 0 Å². The Morgan fingerprint density at radius 2 is 1.64 bits per heavy atom. The molecule has 1 aliphatic heterocycles. The number of anilines is 1. The first-order valence-electron chi connectivity index (χ1n) is 16.0. The Kier molecular flexibility index (Phi) is 10.6. The fraction of sp³-hybridized carbons (Fsp3) is 0.378. The molecule has 0 radical (unpaired) electrons. The number of aromatic nitrogens is 2. The minimum atomic E-state index is -0.0998. The Labute approximate surface area is 261 Å². The molecular formula is C37H45N5O2. The number of aryl methyl sites for hydroxylation is 1. The number of nitrogens with zero attached hydrogens (tertiary/aromatic N) is 3. The van der Waals surface area contributed by atoms with E-state index < -0.39 is 0 Å². The molecule has 0 saturated carbocycles. The van der Waals surface area contributed by atoms with Gasteiger partial charge >= 0.3 is 0 Å². The zero-order valence-electron chi connectivity index (χ0n) is 26.2. The van der Waals surface area contributed by atoms with Crippen molar-refractivity contribution in [2.45, 2.75) is 64.8 Å². The summed E-state index contributed by atoms with van der Waals surface area (Å²) >= 11 is 0. The number of amides is 2. The molecule has 0 bridgehead atoms. The van der Waals surface area contributed by atoms with E-state index in [1.54, 1.807) is 0 Å². The van der Waals surface area contributed by atoms with Crippen LogP contribution in [-0.4, -0.2) is 46.1 Å². The van der Waals surface area contributed by atoms with Crippen molar-refractivity contribution in [3.05, 3.63) is 114 Å². The summed E-state index contributed by atoms with van der Waals surface area (Å²) < 4.78 is 1.82. The maximum Gasteiger partial charge on any atom is 0.255 e. The van der Waals surface area contributed by atoms with E-state index in [-0.39, 0.29) is 23.8 Å². The lowest BCUT2D eigenvalue weighted by Crippen LogP contribution is -2.37. The molecule has 4 aromatic rings. The molecule has 1 atom stereocenters. The molecule has 7 nitrogen and oxygen atoms in total. The molecule has 3 aromatic carbocycles. The Morgan fingerprint density at radius 3 is 2.32 bits per heavy atom. The van der Waals surface area contributed by atoms with Crippen molar-refractivity contribution < 1.29 is 9.59 Å². The van der Waals surface area contributed by atoms with E-state index in [9.17, 15) is 9.59 Å². The molecule has 1 aliphatic rings. The van der Waals surface area contributed by atoms with Crippen LogP contribution in [0.15, 0.2) is 91.1 Å². The average Bonchev–Trinajstić information content (AvgIpc) is 3.48. The number of carbonyl (C=O) groups is 2. The quantitative estimate of drug-likeness (QED) is 0.183. The SMILES string of the molecule is CCCc1nn(-c2ccccc2)cc1C(=O)NC(CCN1CCC(c2cccc(NC(=O)C(C)C)c2)CC1)c1ccccc1. The smallest absolute Gasteiger partial charge is 0.255 e. The largest absolute Gasteiger partial charge is 0.345 e. The first-order chi connectivity index (χ1) is 21.4. The van der Waals surface area contributed by atoms with Crippen LogP contribution in [0.25, 0.3) is 5.69 Å². The molecule has 2 N–H and O–H groups in total. The number of hydrogen-bond donors (Lipinski definition) is 2. The Balaban J connectivity index is 1.22. The number of hydrogen-bond acceptors (Lipinski definition) is 4. The topological polar surface area (TPSA) is 79.3 Å². The standard InChI is InChI=1S/C37H45N5O2/c1-4-12-35-33(26-42(40-35)32-17-9-6-10-18-32)37(44)39-34(29-13-7-5-8-14-29)21-24-41-22-19-28(20-23-41)30-15-11-16-31(25-30)38-36(43)27(2)3/h5-11,13-18,25-28,34H,4,12,19-24H2,1-3H3,(H,38,43)(H,39,44). The van der Waals surface area contributed by atoms with Gasteiger partial charge in [-0.3, -0.25) is 9.59 Å². The van der Waals surface area contributed by atoms with Gasteiger partial charge in [0, 0.05) is 24.3 Å². The average molecular weight is 592 g/mol. The molecular weight excluding hydrogens is 546 g/mol. The molecule has 1 saturated heterocycles. The van der Waals surface area contributed by atoms with Gasteiger partial charge in [-0.1, -0.05) is 87.9 Å². The van der Waals surface area contributed by atoms with Gasteiger partial charge in [0.05, 0.1) is 23.0 Å². The zero-order chi connectivity index (χ0) is 30.9. The van der Waals surface area contributed by atoms with Gasteiger partial charge in [-0.25, -0.2) is 4.68 Å². The van der Waals surface area contributed by atoms with Gasteiger partial charge in [-0.05, 0) is 80.1 Å². The van der Waals surface area contributed by atoms with Gasteiger partial charge in [-0.2, -0.15) is 5.10 Å². The van der Waals surface area contributed by atoms with E-state index in [1.807, 2.05) is 85.4 Å². The number of rotatable bonds is 12. The summed E-state index contributed by atoms with van der Waals surface area (Å²) in [6.07, 6.45) is 6.51. The minimum Gasteiger partial charge on any atom is -0.345 e. The van der Waals surface area contributed by atoms with Crippen LogP contribution in [0.5, 0.6) is 0 Å². The van der Waals surface area contributed by atoms with Crippen molar-refractivity contribution in [1.82, 2.24) is 20.0 Å². The summed E-state index contributed by atoms with van der Waals surface area (Å²) in [6, 6.07) is 28.5. The van der Waals surface area contributed by atoms with E-state index in [1.165, 1.54) is 5.56 Å². The van der Waals surface area contributed by atoms with Gasteiger partial charge in [0.1, 0.15) is 0 Å². The lowest BCUT2D eigenvalue weighted by atomic mass is 9.89. The Bertz CT molecular complexity index is 1510. The highest BCUT2D eigenvalue weighted by Gasteiger charge is 2.24. The molecule has 2 heterocycles. The third-order valence-electron chi connectivity index (χ3n) is 8.52. The lowest BCUT2D eigenvalue weighted by Gasteiger charge is -2.33. The Morgan fingerprint density at radius 1 is 0.932 bits per heavy atom. The van der Waals surface area contributed by atoms with Gasteiger partial charge in [0.25, 0.3) is 5.91 Å². The van der Waals surface area contributed by atoms with Crippen LogP contribution in [0.3, 0.4) is 0 Å². The second-order valence-corrected chi connectivity index (χ2v) is 12.1. The molecule has 7 heteroatoms. The fourth-order valence-corrected chi connectivity index (χ4v) is 5.94. The van der Waals surface area contributed by atoms with Gasteiger partial charge in [0.2, 0.25) is 5.91 Å². The maximum atomic E-state index is 13.7. The molecule has 5 rings (SSSR count). The normalized spacial score (nSPS) is 14.8. The van der Waals surface area contributed by atoms with Crippen LogP contribution in [0, 0.1) is 5.92 Å². The number of benzene rings is 3. The highest BCUT2D eigenvalue weighted by molar-refractivity contribution is 5.95. The summed E-state index contributed by atoms with van der Waals surface area (Å²) in [4.78, 5) is 28.4. The third kappa shape index (κ3) is 8.03. The number of para-hydroxylation sites is 1. The first kappa shape index (κ1) is 31.2. The molecule has 2 amide bonds. The van der Waals surface area contributed by atoms with E-state index in [4.69, 9.17) is 5.10 Å². The molecule has 1 unspecified atom stereocenters. The van der Waals surface area contributed by atoms with E-state index in [0.29, 0.717) is 11.5 Å². The van der Waals surface area contributed by atoms with Crippen LogP contribution in [0.2, 0.25) is 0 Å². The molecule has 230 valence electrons. The number of piperidine rings is 1. The van der Waals surface area contributed by atoms with Crippen molar-refractivity contribution in [1.29, 1.82) is 0 Å². The monoisotopic (exact) mass is 591 g/mol. The second-order valence-electron chi connectivity index (χ2n) is 12.1. The van der Waals surface area contributed by atoms with Crippen LogP contribution in [0.1, 0.15) is 85.6 Å². The molecule has 1 fully saturated rings. The van der Waals surface area contributed by atoms with Crippen molar-refractivity contribution in [2.75, 3.05) is 25.0 Å². The van der Waals surface area contributed by atoms with Crippen molar-refractivity contribution in [2.24, 2.45) is 5.92 Å². The summed E-state index contributed by atoms with van der Waals surface area (Å²) in [7, 11) is 0. The number of nitrogens with one attached hydrogen (secondary N) is 2. The summed E-state index contributed by atoms with van der Waals surface area (Å²) in [5, 5.41) is 11.2. The van der Waals surface area contributed by atoms with E-state index in [2.05, 4.69) is 46.7 Å². The highest BCUT2D eigenvalue weighted by Crippen LogP contribution is 2.30. The highest BCUT2D eigenvalue weighted by atomic mass is 16.2. The van der Waals surface area contributed by atoms with Crippen molar-refractivity contribution in [3.8, 4) is 5.69 Å². The predicted octanol–water partition coefficient (Wildman–Crippen LogP) is 7.16. The van der Waals surface area contributed by atoms with Crippen LogP contribution in [0.4, 0.5) is 5.69 Å². The van der Waals surface area contributed by atoms with Crippen LogP contribution in [-0.2, 0) is 11.2 Å². The lowest BCUT2D eigenvalue weighted by molar-refractivity contribution is -0.118. The molecule has 0 spiro atoms. The number of likely N-dealkylation sites (tertiary alicyclic amines) is 1. The van der Waals surface area contributed by atoms with Crippen LogP contribution < -0.4 is 10.6 Å². The molecule has 44 heavy (non-hydrogen) atoms. The van der Waals surface area contributed by atoms with Gasteiger partial charge in [0.15, 0.2) is 0 Å². The van der Waals surface area contributed by atoms with Crippen molar-refractivity contribution in [3.63, 3.8) is 0 Å². The second kappa shape index (κ2) is 15.0. The zero-order valence-corrected chi connectivity index (χ0v) is 26.2. The van der Waals surface area contributed by atoms with E-state index in [0.717, 1.165) is 74.4 Å². The third-order valence-corrected chi connectivity index (χ3v) is 8.52. The molecule has 0 aliphatic carbocycles. The minimum absolute atomic E-state index is 0.0446. The van der Waals surface area contributed by atoms with E-state index >= 15 is 0 Å². The summed E-state index contributed by atoms with van der Waals surface area (Å²) in [6.45, 7) is 8.85. The summed E-state index contributed by atoms with van der Waals surface area (Å²) in [5.74, 6) is 0.401. The van der Waals surface area contributed by atoms with Gasteiger partial charge in [-0.15, -0.1) is 0 Å².